The summed E-state index contributed by atoms with van der Waals surface area (Å²) >= 11 is 0. The zero-order valence-corrected chi connectivity index (χ0v) is 11.1. The number of nitrogens with zero attached hydrogens (tertiary/aromatic N) is 3. The lowest BCUT2D eigenvalue weighted by Crippen LogP contribution is -2.29. The van der Waals surface area contributed by atoms with Crippen LogP contribution in [0.5, 0.6) is 0 Å². The van der Waals surface area contributed by atoms with E-state index in [0.29, 0.717) is 5.92 Å². The highest BCUT2D eigenvalue weighted by atomic mass is 16.3. The first-order chi connectivity index (χ1) is 9.93. The molecule has 1 unspecified atom stereocenters. The Bertz CT molecular complexity index is 711. The van der Waals surface area contributed by atoms with Crippen molar-refractivity contribution in [3.8, 4) is 11.3 Å². The highest BCUT2D eigenvalue weighted by Crippen LogP contribution is 2.28. The monoisotopic (exact) mass is 268 g/mol. The van der Waals surface area contributed by atoms with Gasteiger partial charge in [-0.2, -0.15) is 5.10 Å². The standard InChI is InChI=1S/C15H16N4O/c1-3-11(9-16-6-1)13-5-7-17-15-12(10-18-19(13)15)14-4-2-8-20-14/h2,4-5,7-8,10-11,16H,1,3,6,9H2. The third kappa shape index (κ3) is 1.82. The molecule has 1 saturated heterocycles. The zero-order chi connectivity index (χ0) is 13.4. The average molecular weight is 268 g/mol. The normalized spacial score (nSPS) is 19.5. The highest BCUT2D eigenvalue weighted by Gasteiger charge is 2.20. The number of nitrogens with one attached hydrogen (secondary N) is 1. The summed E-state index contributed by atoms with van der Waals surface area (Å²) in [6.07, 6.45) is 7.78. The van der Waals surface area contributed by atoms with Crippen LogP contribution in [0.4, 0.5) is 0 Å². The predicted molar refractivity (Wildman–Crippen MR) is 75.5 cm³/mol. The van der Waals surface area contributed by atoms with E-state index in [1.54, 1.807) is 6.26 Å². The van der Waals surface area contributed by atoms with Gasteiger partial charge in [-0.25, -0.2) is 9.50 Å². The molecule has 5 nitrogen and oxygen atoms in total. The predicted octanol–water partition coefficient (Wildman–Crippen LogP) is 2.46. The van der Waals surface area contributed by atoms with Gasteiger partial charge in [-0.1, -0.05) is 0 Å². The lowest BCUT2D eigenvalue weighted by molar-refractivity contribution is 0.448. The summed E-state index contributed by atoms with van der Waals surface area (Å²) < 4.78 is 7.42. The second kappa shape index (κ2) is 4.76. The fourth-order valence-corrected chi connectivity index (χ4v) is 2.93. The van der Waals surface area contributed by atoms with Gasteiger partial charge in [-0.15, -0.1) is 0 Å². The minimum Gasteiger partial charge on any atom is -0.464 e. The molecule has 3 aromatic rings. The minimum atomic E-state index is 0.499. The van der Waals surface area contributed by atoms with E-state index in [9.17, 15) is 0 Å². The van der Waals surface area contributed by atoms with E-state index in [2.05, 4.69) is 21.5 Å². The van der Waals surface area contributed by atoms with Crippen molar-refractivity contribution in [2.24, 2.45) is 0 Å². The summed E-state index contributed by atoms with van der Waals surface area (Å²) in [5, 5.41) is 7.97. The smallest absolute Gasteiger partial charge is 0.166 e. The van der Waals surface area contributed by atoms with E-state index in [1.807, 2.05) is 29.0 Å². The molecule has 0 bridgehead atoms. The van der Waals surface area contributed by atoms with Crippen LogP contribution in [-0.2, 0) is 0 Å². The fraction of sp³-hybridized carbons (Fsp3) is 0.333. The maximum atomic E-state index is 5.47. The van der Waals surface area contributed by atoms with Crippen LogP contribution in [-0.4, -0.2) is 27.7 Å². The van der Waals surface area contributed by atoms with Crippen molar-refractivity contribution in [2.75, 3.05) is 13.1 Å². The molecule has 1 N–H and O–H groups in total. The molecule has 1 atom stereocenters. The molecule has 0 aliphatic carbocycles. The van der Waals surface area contributed by atoms with Crippen LogP contribution in [0.2, 0.25) is 0 Å². The van der Waals surface area contributed by atoms with E-state index in [0.717, 1.165) is 30.1 Å². The molecule has 1 aliphatic rings. The van der Waals surface area contributed by atoms with Gasteiger partial charge in [0.1, 0.15) is 5.76 Å². The number of aromatic nitrogens is 3. The van der Waals surface area contributed by atoms with Crippen LogP contribution in [0.1, 0.15) is 24.5 Å². The van der Waals surface area contributed by atoms with Gasteiger partial charge in [-0.3, -0.25) is 0 Å². The van der Waals surface area contributed by atoms with Crippen LogP contribution in [0, 0.1) is 0 Å². The van der Waals surface area contributed by atoms with E-state index in [1.165, 1.54) is 18.5 Å². The molecule has 3 aromatic heterocycles. The van der Waals surface area contributed by atoms with Crippen LogP contribution < -0.4 is 5.32 Å². The molecule has 5 heteroatoms. The molecular weight excluding hydrogens is 252 g/mol. The van der Waals surface area contributed by atoms with Gasteiger partial charge < -0.3 is 9.73 Å². The highest BCUT2D eigenvalue weighted by molar-refractivity contribution is 5.73. The molecule has 0 amide bonds. The Kier molecular flexibility index (Phi) is 2.77. The summed E-state index contributed by atoms with van der Waals surface area (Å²) in [5.74, 6) is 1.31. The van der Waals surface area contributed by atoms with Gasteiger partial charge in [0.05, 0.1) is 23.7 Å². The Morgan fingerprint density at radius 1 is 1.35 bits per heavy atom. The molecule has 0 radical (unpaired) electrons. The Hall–Kier alpha value is -2.14. The van der Waals surface area contributed by atoms with Crippen LogP contribution in [0.25, 0.3) is 17.0 Å². The Morgan fingerprint density at radius 2 is 2.35 bits per heavy atom. The molecule has 102 valence electrons. The summed E-state index contributed by atoms with van der Waals surface area (Å²) in [7, 11) is 0. The summed E-state index contributed by atoms with van der Waals surface area (Å²) in [6, 6.07) is 5.89. The first kappa shape index (κ1) is 11.7. The Morgan fingerprint density at radius 3 is 3.15 bits per heavy atom. The van der Waals surface area contributed by atoms with E-state index in [-0.39, 0.29) is 0 Å². The largest absolute Gasteiger partial charge is 0.464 e. The molecule has 0 saturated carbocycles. The Balaban J connectivity index is 1.83. The molecule has 4 rings (SSSR count). The average Bonchev–Trinajstić information content (AvgIpc) is 3.16. The van der Waals surface area contributed by atoms with Crippen molar-refractivity contribution in [3.63, 3.8) is 0 Å². The van der Waals surface area contributed by atoms with Gasteiger partial charge in [0.2, 0.25) is 0 Å². The fourth-order valence-electron chi connectivity index (χ4n) is 2.93. The molecule has 1 aliphatic heterocycles. The third-order valence-electron chi connectivity index (χ3n) is 3.93. The number of fused-ring (bicyclic) bond motifs is 1. The topological polar surface area (TPSA) is 55.4 Å². The quantitative estimate of drug-likeness (QED) is 0.775. The van der Waals surface area contributed by atoms with Crippen molar-refractivity contribution < 1.29 is 4.42 Å². The third-order valence-corrected chi connectivity index (χ3v) is 3.93. The van der Waals surface area contributed by atoms with Crippen molar-refractivity contribution in [3.05, 3.63) is 42.5 Å². The number of hydrogen-bond donors (Lipinski definition) is 1. The SMILES string of the molecule is c1coc(-c2cnn3c(C4CCCNC4)ccnc23)c1. The van der Waals surface area contributed by atoms with Crippen LogP contribution in [0.15, 0.2) is 41.3 Å². The minimum absolute atomic E-state index is 0.499. The first-order valence-electron chi connectivity index (χ1n) is 7.01. The number of furan rings is 1. The van der Waals surface area contributed by atoms with Crippen molar-refractivity contribution in [1.29, 1.82) is 0 Å². The molecule has 20 heavy (non-hydrogen) atoms. The summed E-state index contributed by atoms with van der Waals surface area (Å²) in [4.78, 5) is 4.47. The lowest BCUT2D eigenvalue weighted by atomic mass is 9.96. The second-order valence-corrected chi connectivity index (χ2v) is 5.18. The van der Waals surface area contributed by atoms with E-state index >= 15 is 0 Å². The van der Waals surface area contributed by atoms with Gasteiger partial charge in [0.15, 0.2) is 5.65 Å². The summed E-state index contributed by atoms with van der Waals surface area (Å²) in [5.41, 5.74) is 3.03. The van der Waals surface area contributed by atoms with E-state index < -0.39 is 0 Å². The van der Waals surface area contributed by atoms with Gasteiger partial charge in [0, 0.05) is 18.7 Å². The second-order valence-electron chi connectivity index (χ2n) is 5.18. The molecule has 0 spiro atoms. The molecule has 4 heterocycles. The molecular formula is C15H16N4O. The van der Waals surface area contributed by atoms with Gasteiger partial charge in [0.25, 0.3) is 0 Å². The van der Waals surface area contributed by atoms with Gasteiger partial charge >= 0.3 is 0 Å². The lowest BCUT2D eigenvalue weighted by Gasteiger charge is -2.23. The summed E-state index contributed by atoms with van der Waals surface area (Å²) in [6.45, 7) is 2.12. The number of hydrogen-bond acceptors (Lipinski definition) is 4. The van der Waals surface area contributed by atoms with E-state index in [4.69, 9.17) is 4.42 Å². The first-order valence-corrected chi connectivity index (χ1v) is 7.01. The van der Waals surface area contributed by atoms with Crippen molar-refractivity contribution >= 4 is 5.65 Å². The maximum absolute atomic E-state index is 5.47. The molecule has 0 aromatic carbocycles. The Labute approximate surface area is 116 Å². The van der Waals surface area contributed by atoms with Crippen LogP contribution >= 0.6 is 0 Å². The van der Waals surface area contributed by atoms with Crippen molar-refractivity contribution in [1.82, 2.24) is 19.9 Å². The number of piperidine rings is 1. The zero-order valence-electron chi connectivity index (χ0n) is 11.1. The maximum Gasteiger partial charge on any atom is 0.166 e. The molecule has 1 fully saturated rings. The van der Waals surface area contributed by atoms with Gasteiger partial charge in [-0.05, 0) is 37.6 Å². The number of rotatable bonds is 2. The van der Waals surface area contributed by atoms with Crippen LogP contribution in [0.3, 0.4) is 0 Å². The van der Waals surface area contributed by atoms with Crippen molar-refractivity contribution in [2.45, 2.75) is 18.8 Å².